The second-order valence-electron chi connectivity index (χ2n) is 9.12. The normalized spacial score (nSPS) is 11.2. The Labute approximate surface area is 195 Å². The van der Waals surface area contributed by atoms with Crippen LogP contribution in [0.1, 0.15) is 120 Å². The highest BCUT2D eigenvalue weighted by Gasteiger charge is 2.16. The summed E-state index contributed by atoms with van der Waals surface area (Å²) in [7, 11) is 0. The molecule has 0 saturated carbocycles. The van der Waals surface area contributed by atoms with Gasteiger partial charge in [-0.1, -0.05) is 134 Å². The largest absolute Gasteiger partial charge is 0.507 e. The van der Waals surface area contributed by atoms with Gasteiger partial charge in [-0.25, -0.2) is 4.79 Å². The van der Waals surface area contributed by atoms with Crippen LogP contribution in [0.15, 0.2) is 36.4 Å². The first-order valence-electron chi connectivity index (χ1n) is 13.1. The summed E-state index contributed by atoms with van der Waals surface area (Å²) in [6.07, 6.45) is 21.2. The van der Waals surface area contributed by atoms with E-state index < -0.39 is 5.97 Å². The van der Waals surface area contributed by atoms with Crippen molar-refractivity contribution in [1.82, 2.24) is 0 Å². The van der Waals surface area contributed by atoms with Crippen LogP contribution < -0.4 is 0 Å². The number of phenols is 1. The topological polar surface area (TPSA) is 46.5 Å². The van der Waals surface area contributed by atoms with Crippen LogP contribution in [0, 0.1) is 0 Å². The Bertz CT molecular complexity index is 768. The number of benzene rings is 2. The maximum Gasteiger partial charge on any atom is 0.342 e. The summed E-state index contributed by atoms with van der Waals surface area (Å²) in [5.74, 6) is -0.444. The summed E-state index contributed by atoms with van der Waals surface area (Å²) in [6, 6.07) is 10.9. The Morgan fingerprint density at radius 1 is 0.688 bits per heavy atom. The predicted octanol–water partition coefficient (Wildman–Crippen LogP) is 8.96. The average Bonchev–Trinajstić information content (AvgIpc) is 2.80. The fourth-order valence-electron chi connectivity index (χ4n) is 4.36. The van der Waals surface area contributed by atoms with E-state index in [0.717, 1.165) is 23.6 Å². The molecule has 0 unspecified atom stereocenters. The zero-order valence-corrected chi connectivity index (χ0v) is 20.2. The molecule has 3 heteroatoms. The SMILES string of the molecule is CCCCCCCCCCCCCCCCCCOC(=O)c1c(O)ccc2ccccc12. The fourth-order valence-corrected chi connectivity index (χ4v) is 4.36. The second kappa shape index (κ2) is 16.6. The summed E-state index contributed by atoms with van der Waals surface area (Å²) in [5, 5.41) is 11.8. The highest BCUT2D eigenvalue weighted by Crippen LogP contribution is 2.27. The summed E-state index contributed by atoms with van der Waals surface area (Å²) in [5.41, 5.74) is 0.277. The molecule has 1 N–H and O–H groups in total. The van der Waals surface area contributed by atoms with Gasteiger partial charge in [0.25, 0.3) is 0 Å². The Morgan fingerprint density at radius 3 is 1.75 bits per heavy atom. The van der Waals surface area contributed by atoms with Gasteiger partial charge in [-0.15, -0.1) is 0 Å². The number of ether oxygens (including phenoxy) is 1. The number of unbranched alkanes of at least 4 members (excludes halogenated alkanes) is 15. The smallest absolute Gasteiger partial charge is 0.342 e. The molecule has 32 heavy (non-hydrogen) atoms. The number of hydrogen-bond acceptors (Lipinski definition) is 3. The lowest BCUT2D eigenvalue weighted by molar-refractivity contribution is 0.0497. The molecule has 2 rings (SSSR count). The van der Waals surface area contributed by atoms with E-state index in [4.69, 9.17) is 4.74 Å². The van der Waals surface area contributed by atoms with Gasteiger partial charge >= 0.3 is 5.97 Å². The van der Waals surface area contributed by atoms with E-state index in [1.54, 1.807) is 6.07 Å². The second-order valence-corrected chi connectivity index (χ2v) is 9.12. The van der Waals surface area contributed by atoms with E-state index in [0.29, 0.717) is 6.61 Å². The van der Waals surface area contributed by atoms with E-state index in [1.807, 2.05) is 30.3 Å². The van der Waals surface area contributed by atoms with Crippen LogP contribution in [0.2, 0.25) is 0 Å². The zero-order valence-electron chi connectivity index (χ0n) is 20.2. The van der Waals surface area contributed by atoms with Gasteiger partial charge in [-0.2, -0.15) is 0 Å². The minimum absolute atomic E-state index is 0.0133. The molecule has 0 bridgehead atoms. The number of rotatable bonds is 18. The van der Waals surface area contributed by atoms with Crippen molar-refractivity contribution < 1.29 is 14.6 Å². The van der Waals surface area contributed by atoms with Crippen molar-refractivity contribution in [2.24, 2.45) is 0 Å². The molecule has 0 aromatic heterocycles. The van der Waals surface area contributed by atoms with Crippen molar-refractivity contribution in [2.75, 3.05) is 6.61 Å². The van der Waals surface area contributed by atoms with Crippen LogP contribution >= 0.6 is 0 Å². The lowest BCUT2D eigenvalue weighted by Crippen LogP contribution is -2.07. The Balaban J connectivity index is 1.43. The van der Waals surface area contributed by atoms with Crippen molar-refractivity contribution in [3.63, 3.8) is 0 Å². The van der Waals surface area contributed by atoms with Gasteiger partial charge < -0.3 is 9.84 Å². The maximum atomic E-state index is 12.5. The minimum atomic E-state index is -0.430. The van der Waals surface area contributed by atoms with Gasteiger partial charge in [0, 0.05) is 0 Å². The Hall–Kier alpha value is -2.03. The molecule has 3 nitrogen and oxygen atoms in total. The fraction of sp³-hybridized carbons (Fsp3) is 0.621. The molecule has 2 aromatic carbocycles. The summed E-state index contributed by atoms with van der Waals surface area (Å²) in [6.45, 7) is 2.69. The van der Waals surface area contributed by atoms with Gasteiger partial charge in [0.1, 0.15) is 11.3 Å². The third-order valence-electron chi connectivity index (χ3n) is 6.34. The van der Waals surface area contributed by atoms with Crippen molar-refractivity contribution >= 4 is 16.7 Å². The standard InChI is InChI=1S/C29H44O3/c1-2-3-4-5-6-7-8-9-10-11-12-13-14-15-16-19-24-32-29(31)28-26-21-18-17-20-25(26)22-23-27(28)30/h17-18,20-23,30H,2-16,19,24H2,1H3. The van der Waals surface area contributed by atoms with Crippen LogP contribution in [0.5, 0.6) is 5.75 Å². The molecule has 0 aliphatic carbocycles. The van der Waals surface area contributed by atoms with E-state index >= 15 is 0 Å². The van der Waals surface area contributed by atoms with Crippen LogP contribution in [0.4, 0.5) is 0 Å². The summed E-state index contributed by atoms with van der Waals surface area (Å²) in [4.78, 5) is 12.5. The lowest BCUT2D eigenvalue weighted by atomic mass is 10.0. The number of carbonyl (C=O) groups excluding carboxylic acids is 1. The van der Waals surface area contributed by atoms with Gasteiger partial charge in [0.15, 0.2) is 0 Å². The van der Waals surface area contributed by atoms with Crippen molar-refractivity contribution in [3.8, 4) is 5.75 Å². The predicted molar refractivity (Wildman–Crippen MR) is 135 cm³/mol. The van der Waals surface area contributed by atoms with Crippen molar-refractivity contribution in [1.29, 1.82) is 0 Å². The van der Waals surface area contributed by atoms with E-state index in [-0.39, 0.29) is 11.3 Å². The molecule has 0 atom stereocenters. The third-order valence-corrected chi connectivity index (χ3v) is 6.34. The maximum absolute atomic E-state index is 12.5. The molecule has 0 amide bonds. The molecule has 0 fully saturated rings. The van der Waals surface area contributed by atoms with Crippen LogP contribution in [-0.4, -0.2) is 17.7 Å². The van der Waals surface area contributed by atoms with E-state index in [2.05, 4.69) is 6.92 Å². The third kappa shape index (κ3) is 10.1. The number of hydrogen-bond donors (Lipinski definition) is 1. The molecule has 0 spiro atoms. The van der Waals surface area contributed by atoms with Crippen LogP contribution in [0.25, 0.3) is 10.8 Å². The number of aromatic hydroxyl groups is 1. The number of phenolic OH excluding ortho intramolecular Hbond substituents is 1. The van der Waals surface area contributed by atoms with Crippen LogP contribution in [-0.2, 0) is 4.74 Å². The van der Waals surface area contributed by atoms with Crippen molar-refractivity contribution in [2.45, 2.75) is 110 Å². The quantitative estimate of drug-likeness (QED) is 0.186. The molecule has 0 aliphatic rings. The molecular weight excluding hydrogens is 396 g/mol. The highest BCUT2D eigenvalue weighted by molar-refractivity contribution is 6.06. The molecule has 0 saturated heterocycles. The number of carbonyl (C=O) groups is 1. The molecule has 0 radical (unpaired) electrons. The minimum Gasteiger partial charge on any atom is -0.507 e. The first-order valence-corrected chi connectivity index (χ1v) is 13.1. The Morgan fingerprint density at radius 2 is 1.19 bits per heavy atom. The number of fused-ring (bicyclic) bond motifs is 1. The van der Waals surface area contributed by atoms with Crippen molar-refractivity contribution in [3.05, 3.63) is 42.0 Å². The molecule has 0 aliphatic heterocycles. The van der Waals surface area contributed by atoms with Gasteiger partial charge in [0.05, 0.1) is 6.61 Å². The van der Waals surface area contributed by atoms with E-state index in [1.165, 1.54) is 89.9 Å². The monoisotopic (exact) mass is 440 g/mol. The van der Waals surface area contributed by atoms with Crippen LogP contribution in [0.3, 0.4) is 0 Å². The molecule has 0 heterocycles. The van der Waals surface area contributed by atoms with Gasteiger partial charge in [-0.3, -0.25) is 0 Å². The molecular formula is C29H44O3. The van der Waals surface area contributed by atoms with Gasteiger partial charge in [-0.05, 0) is 23.3 Å². The molecule has 178 valence electrons. The summed E-state index contributed by atoms with van der Waals surface area (Å²) >= 11 is 0. The zero-order chi connectivity index (χ0) is 22.9. The lowest BCUT2D eigenvalue weighted by Gasteiger charge is -2.09. The average molecular weight is 441 g/mol. The molecule has 2 aromatic rings. The van der Waals surface area contributed by atoms with E-state index in [9.17, 15) is 9.90 Å². The summed E-state index contributed by atoms with van der Waals surface area (Å²) < 4.78 is 5.44. The van der Waals surface area contributed by atoms with Gasteiger partial charge in [0.2, 0.25) is 0 Å². The highest BCUT2D eigenvalue weighted by atomic mass is 16.5. The first-order chi connectivity index (χ1) is 15.7. The number of esters is 1. The Kier molecular flexibility index (Phi) is 13.6. The first kappa shape index (κ1) is 26.2.